The largest absolute Gasteiger partial charge is 0.479 e. The second-order valence-corrected chi connectivity index (χ2v) is 6.93. The van der Waals surface area contributed by atoms with Crippen LogP contribution >= 0.6 is 11.6 Å². The van der Waals surface area contributed by atoms with Crippen LogP contribution in [-0.4, -0.2) is 47.9 Å². The van der Waals surface area contributed by atoms with Crippen molar-refractivity contribution in [1.29, 1.82) is 0 Å². The molecule has 1 N–H and O–H groups in total. The maximum absolute atomic E-state index is 12.0. The van der Waals surface area contributed by atoms with Crippen molar-refractivity contribution >= 4 is 34.7 Å². The molecule has 10 heteroatoms. The van der Waals surface area contributed by atoms with Gasteiger partial charge in [-0.15, -0.1) is 0 Å². The van der Waals surface area contributed by atoms with Gasteiger partial charge >= 0.3 is 12.1 Å². The van der Waals surface area contributed by atoms with Crippen LogP contribution in [0.4, 0.5) is 4.79 Å². The molecule has 0 spiro atoms. The molecule has 1 amide bonds. The molecule has 0 saturated carbocycles. The van der Waals surface area contributed by atoms with Crippen LogP contribution in [0.5, 0.6) is 17.4 Å². The molecular formula is C22H22ClN3O6. The number of hydrogen-bond acceptors (Lipinski definition) is 8. The number of hydrogen-bond donors (Lipinski definition) is 1. The summed E-state index contributed by atoms with van der Waals surface area (Å²) in [5.74, 6) is 0.773. The molecule has 3 rings (SSSR count). The minimum Gasteiger partial charge on any atom is -0.479 e. The van der Waals surface area contributed by atoms with Crippen LogP contribution in [0.2, 0.25) is 5.02 Å². The fraction of sp³-hybridized carbons (Fsp3) is 0.273. The number of halogens is 1. The molecule has 0 aliphatic carbocycles. The van der Waals surface area contributed by atoms with Gasteiger partial charge in [-0.05, 0) is 56.3 Å². The molecule has 1 heterocycles. The smallest absolute Gasteiger partial charge is 0.407 e. The van der Waals surface area contributed by atoms with Crippen molar-refractivity contribution in [2.75, 3.05) is 19.8 Å². The highest BCUT2D eigenvalue weighted by atomic mass is 35.5. The first-order chi connectivity index (χ1) is 15.4. The Balaban J connectivity index is 1.48. The lowest BCUT2D eigenvalue weighted by atomic mass is 10.3. The van der Waals surface area contributed by atoms with Gasteiger partial charge < -0.3 is 24.3 Å². The fourth-order valence-corrected chi connectivity index (χ4v) is 2.75. The minimum atomic E-state index is -0.831. The molecule has 168 valence electrons. The highest BCUT2D eigenvalue weighted by molar-refractivity contribution is 6.31. The van der Waals surface area contributed by atoms with Gasteiger partial charge in [0.1, 0.15) is 18.1 Å². The molecule has 1 aromatic heterocycles. The normalized spacial score (nSPS) is 11.5. The average Bonchev–Trinajstić information content (AvgIpc) is 2.78. The molecule has 0 radical (unpaired) electrons. The number of rotatable bonds is 9. The molecule has 3 aromatic rings. The molecule has 0 unspecified atom stereocenters. The summed E-state index contributed by atoms with van der Waals surface area (Å²) in [7, 11) is 0. The number of carbonyl (C=O) groups is 2. The first-order valence-electron chi connectivity index (χ1n) is 9.88. The molecule has 2 aromatic carbocycles. The predicted molar refractivity (Wildman–Crippen MR) is 117 cm³/mol. The molecule has 0 saturated heterocycles. The summed E-state index contributed by atoms with van der Waals surface area (Å²) >= 11 is 5.95. The zero-order chi connectivity index (χ0) is 22.9. The fourth-order valence-electron chi connectivity index (χ4n) is 2.58. The highest BCUT2D eigenvalue weighted by Gasteiger charge is 2.16. The molecule has 1 atom stereocenters. The van der Waals surface area contributed by atoms with Gasteiger partial charge in [-0.2, -0.15) is 0 Å². The number of esters is 1. The highest BCUT2D eigenvalue weighted by Crippen LogP contribution is 2.25. The van der Waals surface area contributed by atoms with Crippen molar-refractivity contribution in [3.63, 3.8) is 0 Å². The number of nitrogens with one attached hydrogen (secondary N) is 1. The summed E-state index contributed by atoms with van der Waals surface area (Å²) in [5, 5.41) is 3.04. The zero-order valence-electron chi connectivity index (χ0n) is 17.5. The lowest BCUT2D eigenvalue weighted by Gasteiger charge is -2.14. The number of amides is 1. The Morgan fingerprint density at radius 3 is 2.56 bits per heavy atom. The van der Waals surface area contributed by atoms with Crippen LogP contribution in [-0.2, 0) is 14.3 Å². The Hall–Kier alpha value is -3.59. The van der Waals surface area contributed by atoms with Crippen LogP contribution in [0, 0.1) is 0 Å². The van der Waals surface area contributed by atoms with Crippen molar-refractivity contribution in [3.05, 3.63) is 53.7 Å². The minimum absolute atomic E-state index is 0.0110. The summed E-state index contributed by atoms with van der Waals surface area (Å²) in [4.78, 5) is 31.8. The van der Waals surface area contributed by atoms with E-state index in [9.17, 15) is 9.59 Å². The van der Waals surface area contributed by atoms with Crippen LogP contribution in [0.25, 0.3) is 11.0 Å². The van der Waals surface area contributed by atoms with Gasteiger partial charge in [0.2, 0.25) is 5.88 Å². The van der Waals surface area contributed by atoms with E-state index < -0.39 is 18.2 Å². The topological polar surface area (TPSA) is 109 Å². The van der Waals surface area contributed by atoms with Crippen LogP contribution < -0.4 is 14.8 Å². The van der Waals surface area contributed by atoms with Crippen molar-refractivity contribution in [1.82, 2.24) is 15.3 Å². The Kier molecular flexibility index (Phi) is 8.04. The Labute approximate surface area is 189 Å². The van der Waals surface area contributed by atoms with Crippen molar-refractivity contribution < 1.29 is 28.5 Å². The first-order valence-corrected chi connectivity index (χ1v) is 10.3. The second-order valence-electron chi connectivity index (χ2n) is 6.49. The SMILES string of the molecule is CCOC(=O)NCCOC(=O)[C@@H](C)Oc1ccc(Oc2cnc3cc(Cl)ccc3n2)cc1. The molecular weight excluding hydrogens is 438 g/mol. The van der Waals surface area contributed by atoms with Gasteiger partial charge in [0.05, 0.1) is 30.4 Å². The van der Waals surface area contributed by atoms with Gasteiger partial charge in [0.25, 0.3) is 0 Å². The van der Waals surface area contributed by atoms with Crippen molar-refractivity contribution in [3.8, 4) is 17.4 Å². The summed E-state index contributed by atoms with van der Waals surface area (Å²) in [6, 6.07) is 11.9. The quantitative estimate of drug-likeness (QED) is 0.375. The summed E-state index contributed by atoms with van der Waals surface area (Å²) < 4.78 is 21.1. The van der Waals surface area contributed by atoms with E-state index >= 15 is 0 Å². The third-order valence-electron chi connectivity index (χ3n) is 4.06. The molecule has 0 bridgehead atoms. The number of alkyl carbamates (subject to hydrolysis) is 1. The number of fused-ring (bicyclic) bond motifs is 1. The van der Waals surface area contributed by atoms with Gasteiger partial charge in [0, 0.05) is 5.02 Å². The second kappa shape index (κ2) is 11.1. The molecule has 32 heavy (non-hydrogen) atoms. The van der Waals surface area contributed by atoms with Gasteiger partial charge in [-0.25, -0.2) is 19.6 Å². The molecule has 9 nitrogen and oxygen atoms in total. The summed E-state index contributed by atoms with van der Waals surface area (Å²) in [6.45, 7) is 3.70. The Morgan fingerprint density at radius 1 is 1.06 bits per heavy atom. The van der Waals surface area contributed by atoms with Crippen LogP contribution in [0.3, 0.4) is 0 Å². The van der Waals surface area contributed by atoms with Crippen molar-refractivity contribution in [2.45, 2.75) is 20.0 Å². The van der Waals surface area contributed by atoms with E-state index in [4.69, 9.17) is 30.5 Å². The lowest BCUT2D eigenvalue weighted by molar-refractivity contribution is -0.150. The standard InChI is InChI=1S/C22H22ClN3O6/c1-3-29-22(28)24-10-11-30-21(27)14(2)31-16-5-7-17(8-6-16)32-20-13-25-19-12-15(23)4-9-18(19)26-20/h4-9,12-14H,3,10-11H2,1-2H3,(H,24,28)/t14-/m1/s1. The number of nitrogens with zero attached hydrogens (tertiary/aromatic N) is 2. The Morgan fingerprint density at radius 2 is 1.81 bits per heavy atom. The number of ether oxygens (including phenoxy) is 4. The number of benzene rings is 2. The zero-order valence-corrected chi connectivity index (χ0v) is 18.3. The van der Waals surface area contributed by atoms with E-state index in [1.807, 2.05) is 0 Å². The maximum atomic E-state index is 12.0. The number of carbonyl (C=O) groups excluding carboxylic acids is 2. The van der Waals surface area contributed by atoms with Gasteiger partial charge in [-0.1, -0.05) is 11.6 Å². The summed E-state index contributed by atoms with van der Waals surface area (Å²) in [5.41, 5.74) is 1.34. The lowest BCUT2D eigenvalue weighted by Crippen LogP contribution is -2.31. The van der Waals surface area contributed by atoms with Gasteiger partial charge in [0.15, 0.2) is 6.10 Å². The third kappa shape index (κ3) is 6.71. The van der Waals surface area contributed by atoms with E-state index in [0.29, 0.717) is 33.4 Å². The van der Waals surface area contributed by atoms with Crippen molar-refractivity contribution in [2.24, 2.45) is 0 Å². The van der Waals surface area contributed by atoms with E-state index in [-0.39, 0.29) is 19.8 Å². The monoisotopic (exact) mass is 459 g/mol. The Bertz CT molecular complexity index is 1080. The van der Waals surface area contributed by atoms with E-state index in [1.54, 1.807) is 56.3 Å². The number of aromatic nitrogens is 2. The van der Waals surface area contributed by atoms with Crippen LogP contribution in [0.15, 0.2) is 48.7 Å². The first kappa shape index (κ1) is 23.1. The molecule has 0 aliphatic heterocycles. The van der Waals surface area contributed by atoms with E-state index in [1.165, 1.54) is 6.20 Å². The molecule has 0 aliphatic rings. The summed E-state index contributed by atoms with van der Waals surface area (Å²) in [6.07, 6.45) is 0.120. The maximum Gasteiger partial charge on any atom is 0.407 e. The van der Waals surface area contributed by atoms with E-state index in [0.717, 1.165) is 0 Å². The van der Waals surface area contributed by atoms with E-state index in [2.05, 4.69) is 15.3 Å². The third-order valence-corrected chi connectivity index (χ3v) is 4.30. The molecule has 0 fully saturated rings. The predicted octanol–water partition coefficient (Wildman–Crippen LogP) is 4.13. The average molecular weight is 460 g/mol. The van der Waals surface area contributed by atoms with Crippen LogP contribution in [0.1, 0.15) is 13.8 Å². The van der Waals surface area contributed by atoms with Gasteiger partial charge in [-0.3, -0.25) is 0 Å².